The Morgan fingerprint density at radius 2 is 1.96 bits per heavy atom. The van der Waals surface area contributed by atoms with E-state index in [4.69, 9.17) is 14.9 Å². The van der Waals surface area contributed by atoms with Crippen LogP contribution in [0.5, 0.6) is 5.75 Å². The number of hydrogen-bond donors (Lipinski definition) is 2. The number of ether oxygens (including phenoxy) is 1. The van der Waals surface area contributed by atoms with E-state index in [2.05, 4.69) is 6.58 Å². The van der Waals surface area contributed by atoms with E-state index in [1.54, 1.807) is 6.92 Å². The molecular formula is C15H17NO7. The van der Waals surface area contributed by atoms with Crippen molar-refractivity contribution in [3.8, 4) is 5.75 Å². The number of nitrogens with zero attached hydrogens (tertiary/aromatic N) is 1. The molecule has 0 aliphatic rings. The molecule has 0 fully saturated rings. The molecule has 0 heterocycles. The van der Waals surface area contributed by atoms with Crippen molar-refractivity contribution in [2.75, 3.05) is 7.11 Å². The van der Waals surface area contributed by atoms with Gasteiger partial charge in [-0.15, -0.1) is 0 Å². The monoisotopic (exact) mass is 323 g/mol. The Kier molecular flexibility index (Phi) is 8.38. The standard InChI is InChI=1S/C12H13NO5.C3H4O2/c1-3-9(12(14)15)6-8-4-5-10(13(16)17)11(7-8)18-2;1-2-3(4)5/h4-7H,3H2,1-2H3,(H,14,15);2H,1H2,(H,4,5). The van der Waals surface area contributed by atoms with Crippen LogP contribution in [0.25, 0.3) is 6.08 Å². The van der Waals surface area contributed by atoms with Crippen molar-refractivity contribution in [3.05, 3.63) is 52.1 Å². The maximum Gasteiger partial charge on any atom is 0.331 e. The molecule has 0 spiro atoms. The van der Waals surface area contributed by atoms with Gasteiger partial charge in [0.15, 0.2) is 5.75 Å². The largest absolute Gasteiger partial charge is 0.490 e. The number of carbonyl (C=O) groups is 2. The molecule has 1 aromatic carbocycles. The second-order valence-corrected chi connectivity index (χ2v) is 4.06. The van der Waals surface area contributed by atoms with Gasteiger partial charge in [0, 0.05) is 17.7 Å². The van der Waals surface area contributed by atoms with Gasteiger partial charge < -0.3 is 14.9 Å². The first kappa shape index (κ1) is 19.8. The van der Waals surface area contributed by atoms with Crippen LogP contribution in [0.2, 0.25) is 0 Å². The highest BCUT2D eigenvalue weighted by Gasteiger charge is 2.14. The molecule has 8 heteroatoms. The molecule has 0 amide bonds. The van der Waals surface area contributed by atoms with Gasteiger partial charge in [-0.2, -0.15) is 0 Å². The van der Waals surface area contributed by atoms with Gasteiger partial charge in [0.25, 0.3) is 0 Å². The van der Waals surface area contributed by atoms with Crippen LogP contribution in [0.4, 0.5) is 5.69 Å². The van der Waals surface area contributed by atoms with Gasteiger partial charge >= 0.3 is 17.6 Å². The van der Waals surface area contributed by atoms with Crippen molar-refractivity contribution in [1.82, 2.24) is 0 Å². The molecule has 0 atom stereocenters. The predicted octanol–water partition coefficient (Wildman–Crippen LogP) is 2.74. The zero-order valence-corrected chi connectivity index (χ0v) is 12.7. The fourth-order valence-corrected chi connectivity index (χ4v) is 1.45. The molecule has 124 valence electrons. The van der Waals surface area contributed by atoms with Crippen LogP contribution in [-0.2, 0) is 9.59 Å². The van der Waals surface area contributed by atoms with Crippen LogP contribution in [0.1, 0.15) is 18.9 Å². The van der Waals surface area contributed by atoms with E-state index in [0.29, 0.717) is 12.0 Å². The van der Waals surface area contributed by atoms with Gasteiger partial charge in [0.05, 0.1) is 12.0 Å². The minimum Gasteiger partial charge on any atom is -0.490 e. The summed E-state index contributed by atoms with van der Waals surface area (Å²) in [7, 11) is 1.33. The van der Waals surface area contributed by atoms with Gasteiger partial charge in [-0.1, -0.05) is 13.5 Å². The molecule has 0 aliphatic carbocycles. The molecule has 1 aromatic rings. The first-order valence-corrected chi connectivity index (χ1v) is 6.38. The van der Waals surface area contributed by atoms with Crippen molar-refractivity contribution >= 4 is 23.7 Å². The lowest BCUT2D eigenvalue weighted by atomic mass is 10.1. The average Bonchev–Trinajstić information content (AvgIpc) is 2.52. The third kappa shape index (κ3) is 6.89. The lowest BCUT2D eigenvalue weighted by Crippen LogP contribution is -1.99. The Balaban J connectivity index is 0.000000841. The number of nitro groups is 1. The normalized spacial score (nSPS) is 10.1. The Morgan fingerprint density at radius 3 is 2.30 bits per heavy atom. The lowest BCUT2D eigenvalue weighted by Gasteiger charge is -2.03. The number of aliphatic carboxylic acids is 2. The highest BCUT2D eigenvalue weighted by molar-refractivity contribution is 5.92. The van der Waals surface area contributed by atoms with E-state index in [9.17, 15) is 19.7 Å². The van der Waals surface area contributed by atoms with E-state index >= 15 is 0 Å². The summed E-state index contributed by atoms with van der Waals surface area (Å²) in [4.78, 5) is 30.3. The van der Waals surface area contributed by atoms with Gasteiger partial charge in [-0.3, -0.25) is 10.1 Å². The summed E-state index contributed by atoms with van der Waals surface area (Å²) in [6, 6.07) is 4.22. The van der Waals surface area contributed by atoms with E-state index in [0.717, 1.165) is 6.08 Å². The van der Waals surface area contributed by atoms with Crippen LogP contribution in [0.3, 0.4) is 0 Å². The Hall–Kier alpha value is -3.16. The first-order chi connectivity index (χ1) is 10.8. The van der Waals surface area contributed by atoms with Crippen LogP contribution in [0, 0.1) is 10.1 Å². The summed E-state index contributed by atoms with van der Waals surface area (Å²) in [6.07, 6.45) is 2.67. The highest BCUT2D eigenvalue weighted by Crippen LogP contribution is 2.28. The summed E-state index contributed by atoms with van der Waals surface area (Å²) in [5, 5.41) is 27.2. The smallest absolute Gasteiger partial charge is 0.331 e. The molecule has 0 saturated heterocycles. The molecule has 0 bridgehead atoms. The molecule has 1 rings (SSSR count). The van der Waals surface area contributed by atoms with Gasteiger partial charge in [-0.05, 0) is 30.2 Å². The summed E-state index contributed by atoms with van der Waals surface area (Å²) in [6.45, 7) is 4.69. The summed E-state index contributed by atoms with van der Waals surface area (Å²) < 4.78 is 4.90. The molecular weight excluding hydrogens is 306 g/mol. The second kappa shape index (κ2) is 9.72. The number of carboxylic acid groups (broad SMARTS) is 2. The van der Waals surface area contributed by atoms with Gasteiger partial charge in [0.2, 0.25) is 0 Å². The van der Waals surface area contributed by atoms with E-state index in [-0.39, 0.29) is 17.0 Å². The summed E-state index contributed by atoms with van der Waals surface area (Å²) >= 11 is 0. The maximum absolute atomic E-state index is 10.9. The molecule has 23 heavy (non-hydrogen) atoms. The Labute approximate surface area is 132 Å². The molecule has 0 saturated carbocycles. The molecule has 0 unspecified atom stereocenters. The molecule has 2 N–H and O–H groups in total. The Morgan fingerprint density at radius 1 is 1.39 bits per heavy atom. The first-order valence-electron chi connectivity index (χ1n) is 6.38. The van der Waals surface area contributed by atoms with Crippen LogP contribution in [-0.4, -0.2) is 34.2 Å². The quantitative estimate of drug-likeness (QED) is 0.468. The zero-order chi connectivity index (χ0) is 18.0. The number of hydrogen-bond acceptors (Lipinski definition) is 5. The second-order valence-electron chi connectivity index (χ2n) is 4.06. The lowest BCUT2D eigenvalue weighted by molar-refractivity contribution is -0.385. The molecule has 0 aliphatic heterocycles. The van der Waals surface area contributed by atoms with Crippen molar-refractivity contribution in [2.45, 2.75) is 13.3 Å². The minimum atomic E-state index is -1.00. The summed E-state index contributed by atoms with van der Waals surface area (Å²) in [5.41, 5.74) is 0.630. The molecule has 8 nitrogen and oxygen atoms in total. The zero-order valence-electron chi connectivity index (χ0n) is 12.7. The van der Waals surface area contributed by atoms with E-state index in [1.165, 1.54) is 31.4 Å². The van der Waals surface area contributed by atoms with Crippen LogP contribution < -0.4 is 4.74 Å². The fraction of sp³-hybridized carbons (Fsp3) is 0.200. The molecule has 0 aromatic heterocycles. The Bertz CT molecular complexity index is 635. The fourth-order valence-electron chi connectivity index (χ4n) is 1.45. The maximum atomic E-state index is 10.9. The van der Waals surface area contributed by atoms with Gasteiger partial charge in [-0.25, -0.2) is 9.59 Å². The topological polar surface area (TPSA) is 127 Å². The number of rotatable bonds is 6. The van der Waals surface area contributed by atoms with Crippen molar-refractivity contribution in [3.63, 3.8) is 0 Å². The van der Waals surface area contributed by atoms with Crippen molar-refractivity contribution in [2.24, 2.45) is 0 Å². The number of carboxylic acids is 2. The van der Waals surface area contributed by atoms with Crippen LogP contribution >= 0.6 is 0 Å². The third-order valence-electron chi connectivity index (χ3n) is 2.57. The number of methoxy groups -OCH3 is 1. The van der Waals surface area contributed by atoms with E-state index in [1.807, 2.05) is 0 Å². The number of benzene rings is 1. The predicted molar refractivity (Wildman–Crippen MR) is 83.4 cm³/mol. The third-order valence-corrected chi connectivity index (χ3v) is 2.57. The van der Waals surface area contributed by atoms with Crippen LogP contribution in [0.15, 0.2) is 36.4 Å². The van der Waals surface area contributed by atoms with Gasteiger partial charge in [0.1, 0.15) is 0 Å². The van der Waals surface area contributed by atoms with Crippen molar-refractivity contribution < 1.29 is 29.5 Å². The van der Waals surface area contributed by atoms with Crippen molar-refractivity contribution in [1.29, 1.82) is 0 Å². The summed E-state index contributed by atoms with van der Waals surface area (Å²) in [5.74, 6) is -1.88. The molecule has 0 radical (unpaired) electrons. The number of nitro benzene ring substituents is 1. The SMILES string of the molecule is C=CC(=O)O.CCC(=Cc1ccc([N+](=O)[O-])c(OC)c1)C(=O)O. The van der Waals surface area contributed by atoms with E-state index < -0.39 is 16.9 Å². The highest BCUT2D eigenvalue weighted by atomic mass is 16.6. The average molecular weight is 323 g/mol. The minimum absolute atomic E-state index is 0.106.